The van der Waals surface area contributed by atoms with Crippen LogP contribution in [0.25, 0.3) is 44.5 Å². The molecule has 260 valence electrons. The molecule has 0 heterocycles. The van der Waals surface area contributed by atoms with Gasteiger partial charge in [0.15, 0.2) is 0 Å². The van der Waals surface area contributed by atoms with E-state index in [0.717, 1.165) is 35.1 Å². The second kappa shape index (κ2) is 16.9. The van der Waals surface area contributed by atoms with E-state index >= 15 is 0 Å². The molecule has 0 aromatic heterocycles. The van der Waals surface area contributed by atoms with Gasteiger partial charge in [-0.3, -0.25) is 0 Å². The molecule has 0 amide bonds. The normalized spacial score (nSPS) is 11.3. The third-order valence-electron chi connectivity index (χ3n) is 10.8. The zero-order valence-electron chi connectivity index (χ0n) is 30.7. The fourth-order valence-corrected chi connectivity index (χ4v) is 7.40. The summed E-state index contributed by atoms with van der Waals surface area (Å²) in [5, 5.41) is 0. The lowest BCUT2D eigenvalue weighted by atomic mass is 9.90. The summed E-state index contributed by atoms with van der Waals surface area (Å²) in [5.74, 6) is -0.406. The van der Waals surface area contributed by atoms with Gasteiger partial charge in [-0.1, -0.05) is 129 Å². The van der Waals surface area contributed by atoms with Crippen LogP contribution in [0.15, 0.2) is 121 Å². The molecular weight excluding hydrogens is 627 g/mol. The maximum Gasteiger partial charge on any atom is 0.123 e. The molecule has 0 saturated heterocycles. The smallest absolute Gasteiger partial charge is 0.123 e. The second-order valence-corrected chi connectivity index (χ2v) is 14.2. The Morgan fingerprint density at radius 1 is 0.294 bits per heavy atom. The number of hydrogen-bond donors (Lipinski definition) is 0. The van der Waals surface area contributed by atoms with Gasteiger partial charge >= 0.3 is 0 Å². The quantitative estimate of drug-likeness (QED) is 0.101. The molecule has 0 aliphatic heterocycles. The van der Waals surface area contributed by atoms with Crippen molar-refractivity contribution in [2.75, 3.05) is 0 Å². The molecule has 6 aromatic carbocycles. The van der Waals surface area contributed by atoms with Crippen LogP contribution in [0.4, 0.5) is 8.78 Å². The summed E-state index contributed by atoms with van der Waals surface area (Å²) in [6.07, 6.45) is 11.3. The molecule has 51 heavy (non-hydrogen) atoms. The summed E-state index contributed by atoms with van der Waals surface area (Å²) in [7, 11) is 0. The predicted octanol–water partition coefficient (Wildman–Crippen LogP) is 14.4. The Kier molecular flexibility index (Phi) is 11.9. The fraction of sp³-hybridized carbons (Fsp3) is 0.265. The van der Waals surface area contributed by atoms with Crippen molar-refractivity contribution in [1.82, 2.24) is 0 Å². The van der Waals surface area contributed by atoms with E-state index in [0.29, 0.717) is 0 Å². The Hall–Kier alpha value is -4.82. The van der Waals surface area contributed by atoms with E-state index in [1.807, 2.05) is 24.3 Å². The summed E-state index contributed by atoms with van der Waals surface area (Å²) >= 11 is 0. The molecular formula is C49H50F2. The van der Waals surface area contributed by atoms with Crippen molar-refractivity contribution in [2.24, 2.45) is 0 Å². The number of rotatable bonds is 14. The first kappa shape index (κ1) is 36.0. The lowest BCUT2D eigenvalue weighted by Crippen LogP contribution is -1.93. The van der Waals surface area contributed by atoms with E-state index < -0.39 is 0 Å². The maximum atomic E-state index is 13.4. The van der Waals surface area contributed by atoms with Crippen LogP contribution in [0.2, 0.25) is 0 Å². The van der Waals surface area contributed by atoms with Crippen LogP contribution in [0.3, 0.4) is 0 Å². The van der Waals surface area contributed by atoms with Gasteiger partial charge in [-0.05, 0) is 156 Å². The predicted molar refractivity (Wildman–Crippen MR) is 213 cm³/mol. The van der Waals surface area contributed by atoms with E-state index in [1.54, 1.807) is 0 Å². The molecule has 0 unspecified atom stereocenters. The molecule has 0 aliphatic rings. The van der Waals surface area contributed by atoms with Gasteiger partial charge < -0.3 is 0 Å². The van der Waals surface area contributed by atoms with Crippen LogP contribution in [0, 0.1) is 39.3 Å². The van der Waals surface area contributed by atoms with Gasteiger partial charge in [0.05, 0.1) is 0 Å². The minimum absolute atomic E-state index is 0.203. The van der Waals surface area contributed by atoms with Gasteiger partial charge in [0.1, 0.15) is 11.6 Å². The molecule has 0 bridgehead atoms. The lowest BCUT2D eigenvalue weighted by molar-refractivity contribution is 0.579. The Morgan fingerprint density at radius 2 is 0.529 bits per heavy atom. The van der Waals surface area contributed by atoms with Crippen molar-refractivity contribution in [3.05, 3.63) is 166 Å². The zero-order chi connectivity index (χ0) is 35.7. The second-order valence-electron chi connectivity index (χ2n) is 14.2. The van der Waals surface area contributed by atoms with Crippen LogP contribution in [-0.4, -0.2) is 0 Å². The molecule has 0 saturated carbocycles. The molecule has 0 N–H and O–H groups in total. The first-order valence-corrected chi connectivity index (χ1v) is 18.7. The average molecular weight is 677 g/mol. The highest BCUT2D eigenvalue weighted by Crippen LogP contribution is 2.34. The highest BCUT2D eigenvalue weighted by atomic mass is 19.1. The minimum Gasteiger partial charge on any atom is -0.207 e. The molecule has 0 spiro atoms. The molecule has 0 nitrogen and oxygen atoms in total. The van der Waals surface area contributed by atoms with Crippen LogP contribution < -0.4 is 0 Å². The zero-order valence-corrected chi connectivity index (χ0v) is 30.7. The van der Waals surface area contributed by atoms with Crippen LogP contribution in [-0.2, 0) is 12.8 Å². The van der Waals surface area contributed by atoms with Crippen molar-refractivity contribution < 1.29 is 8.78 Å². The van der Waals surface area contributed by atoms with E-state index in [4.69, 9.17) is 0 Å². The number of aryl methyl sites for hydroxylation is 2. The van der Waals surface area contributed by atoms with Gasteiger partial charge in [-0.15, -0.1) is 0 Å². The minimum atomic E-state index is -0.203. The Labute approximate surface area is 304 Å². The summed E-state index contributed by atoms with van der Waals surface area (Å²) in [6, 6.07) is 40.5. The largest absolute Gasteiger partial charge is 0.207 e. The molecule has 0 aliphatic carbocycles. The summed E-state index contributed by atoms with van der Waals surface area (Å²) in [4.78, 5) is 0. The third kappa shape index (κ3) is 8.92. The first-order chi connectivity index (χ1) is 24.8. The van der Waals surface area contributed by atoms with Crippen LogP contribution >= 0.6 is 0 Å². The lowest BCUT2D eigenvalue weighted by Gasteiger charge is -2.15. The SMILES string of the molecule is Cc1c(-c2ccc(F)cc2)ccc(-c2ccc(CCCCCCCCCc3ccc(-c4ccc(-c5ccc(F)cc5)c(C)c4C)cc3)cc2)c1C. The van der Waals surface area contributed by atoms with E-state index in [-0.39, 0.29) is 11.6 Å². The Bertz CT molecular complexity index is 1880. The molecule has 0 radical (unpaired) electrons. The van der Waals surface area contributed by atoms with Crippen molar-refractivity contribution in [2.45, 2.75) is 85.5 Å². The highest BCUT2D eigenvalue weighted by Gasteiger charge is 2.12. The molecule has 6 aromatic rings. The highest BCUT2D eigenvalue weighted by molar-refractivity contribution is 5.78. The van der Waals surface area contributed by atoms with E-state index in [1.165, 1.54) is 125 Å². The maximum absolute atomic E-state index is 13.4. The Morgan fingerprint density at radius 3 is 0.804 bits per heavy atom. The van der Waals surface area contributed by atoms with E-state index in [9.17, 15) is 8.78 Å². The fourth-order valence-electron chi connectivity index (χ4n) is 7.40. The summed E-state index contributed by atoms with van der Waals surface area (Å²) in [6.45, 7) is 8.69. The number of halogens is 2. The number of unbranched alkanes of at least 4 members (excludes halogenated alkanes) is 6. The summed E-state index contributed by atoms with van der Waals surface area (Å²) in [5.41, 5.74) is 17.3. The van der Waals surface area contributed by atoms with Crippen molar-refractivity contribution in [3.63, 3.8) is 0 Å². The van der Waals surface area contributed by atoms with Crippen LogP contribution in [0.1, 0.15) is 78.3 Å². The van der Waals surface area contributed by atoms with Crippen molar-refractivity contribution >= 4 is 0 Å². The van der Waals surface area contributed by atoms with Gasteiger partial charge in [0, 0.05) is 0 Å². The number of hydrogen-bond acceptors (Lipinski definition) is 0. The number of benzene rings is 6. The summed E-state index contributed by atoms with van der Waals surface area (Å²) < 4.78 is 26.8. The van der Waals surface area contributed by atoms with Gasteiger partial charge in [0.25, 0.3) is 0 Å². The molecule has 6 rings (SSSR count). The first-order valence-electron chi connectivity index (χ1n) is 18.7. The van der Waals surface area contributed by atoms with Crippen molar-refractivity contribution in [1.29, 1.82) is 0 Å². The molecule has 0 fully saturated rings. The van der Waals surface area contributed by atoms with Crippen LogP contribution in [0.5, 0.6) is 0 Å². The average Bonchev–Trinajstić information content (AvgIpc) is 3.15. The monoisotopic (exact) mass is 676 g/mol. The standard InChI is InChI=1S/C49H50F2/c1-34-36(3)48(42-22-26-44(50)27-23-42)32-30-46(34)40-18-14-38(15-19-40)12-10-8-6-5-7-9-11-13-39-16-20-41(21-17-39)47-31-33-49(37(4)35(47)2)43-24-28-45(51)29-25-43/h14-33H,5-13H2,1-4H3. The Balaban J connectivity index is 0.887. The molecule has 0 atom stereocenters. The van der Waals surface area contributed by atoms with E-state index in [2.05, 4.69) is 100 Å². The van der Waals surface area contributed by atoms with Gasteiger partial charge in [-0.2, -0.15) is 0 Å². The van der Waals surface area contributed by atoms with Gasteiger partial charge in [-0.25, -0.2) is 8.78 Å². The van der Waals surface area contributed by atoms with Crippen molar-refractivity contribution in [3.8, 4) is 44.5 Å². The van der Waals surface area contributed by atoms with Gasteiger partial charge in [0.2, 0.25) is 0 Å². The molecule has 2 heteroatoms. The topological polar surface area (TPSA) is 0 Å². The third-order valence-corrected chi connectivity index (χ3v) is 10.8.